The van der Waals surface area contributed by atoms with Gasteiger partial charge in [0.1, 0.15) is 36.8 Å². The summed E-state index contributed by atoms with van der Waals surface area (Å²) in [5.74, 6) is -5.62. The number of cyclic esters (lactones) is 1. The number of Topliss-reactive ketones (excluding diaryl/α,β-unsaturated/α-hetero) is 1. The SMILES string of the molecule is CCCCCCCCCCCCCCCCCCCC(=O)O[C@@H]1COC(=O)CCCCCC[C@@H]2[C@@H](O)[C@H](O)[C@@H](O)[C@H](OP(=O)(O)OC1)[C@H](OP(=O)(O)O)[C@H](O)[C@@H](C=C[C@@H](O)CCCCC)C(=O)C[C@@H]2O. The van der Waals surface area contributed by atoms with Crippen LogP contribution in [-0.2, 0) is 46.6 Å². The fourth-order valence-corrected chi connectivity index (χ4v) is 10.6. The van der Waals surface area contributed by atoms with E-state index in [2.05, 4.69) is 6.92 Å². The highest BCUT2D eigenvalue weighted by molar-refractivity contribution is 7.47. The molecule has 1 heterocycles. The molecule has 1 unspecified atom stereocenters. The molecule has 21 heteroatoms. The molecule has 1 saturated carbocycles. The lowest BCUT2D eigenvalue weighted by molar-refractivity contribution is -0.165. The molecule has 2 fully saturated rings. The van der Waals surface area contributed by atoms with E-state index in [1.54, 1.807) is 0 Å². The highest BCUT2D eigenvalue weighted by Gasteiger charge is 2.51. The molecule has 1 aliphatic carbocycles. The number of rotatable bonds is 27. The predicted molar refractivity (Wildman–Crippen MR) is 261 cm³/mol. The lowest BCUT2D eigenvalue weighted by Gasteiger charge is -2.38. The summed E-state index contributed by atoms with van der Waals surface area (Å²) in [7, 11) is -11.5. The summed E-state index contributed by atoms with van der Waals surface area (Å²) in [6.07, 6.45) is 5.43. The van der Waals surface area contributed by atoms with Crippen molar-refractivity contribution in [3.05, 3.63) is 12.2 Å². The van der Waals surface area contributed by atoms with E-state index in [1.807, 2.05) is 6.92 Å². The summed E-state index contributed by atoms with van der Waals surface area (Å²) in [6, 6.07) is 0. The molecule has 9 N–H and O–H groups in total. The standard InChI is InChI=1S/C49H90O19P2/c1-3-5-7-8-9-10-11-12-13-14-15-16-17-18-19-20-26-30-43(54)66-37-34-64-42(53)29-25-22-21-24-28-38-40(51)33-41(52)39(32-31-36(50)27-23-6-4-2)45(56)48(67-69(59,60)61)49(47(58)46(57)44(38)55)68-70(62,63)65-35-37/h31-32,36-40,44-51,55-58H,3-30,33-35H2,1-2H3,(H,62,63)(H2,59,60,61)/t36-,37+,38-,39-,40-,44+,45+,46-,47+,48+,49-/m0/s1. The van der Waals surface area contributed by atoms with Gasteiger partial charge in [-0.3, -0.25) is 28.0 Å². The first-order valence-electron chi connectivity index (χ1n) is 26.3. The first-order chi connectivity index (χ1) is 33.3. The second-order valence-electron chi connectivity index (χ2n) is 19.4. The number of ether oxygens (including phenoxy) is 2. The zero-order valence-corrected chi connectivity index (χ0v) is 43.7. The Morgan fingerprint density at radius 1 is 0.743 bits per heavy atom. The number of unbranched alkanes of at least 4 members (excludes halogenated alkanes) is 18. The van der Waals surface area contributed by atoms with E-state index in [1.165, 1.54) is 70.6 Å². The fraction of sp³-hybridized carbons (Fsp3) is 0.898. The third kappa shape index (κ3) is 27.6. The molecule has 0 aromatic heterocycles. The number of phosphoric acid groups is 2. The highest BCUT2D eigenvalue weighted by Crippen LogP contribution is 2.49. The third-order valence-electron chi connectivity index (χ3n) is 13.2. The molecule has 19 nitrogen and oxygen atoms in total. The van der Waals surface area contributed by atoms with Gasteiger partial charge in [-0.05, 0) is 25.7 Å². The van der Waals surface area contributed by atoms with Crippen LogP contribution >= 0.6 is 15.6 Å². The summed E-state index contributed by atoms with van der Waals surface area (Å²) in [6.45, 7) is 2.60. The van der Waals surface area contributed by atoms with Crippen molar-refractivity contribution in [1.29, 1.82) is 0 Å². The van der Waals surface area contributed by atoms with Crippen molar-refractivity contribution < 1.29 is 91.9 Å². The van der Waals surface area contributed by atoms with Crippen molar-refractivity contribution in [2.45, 2.75) is 255 Å². The molecule has 1 aliphatic heterocycles. The lowest BCUT2D eigenvalue weighted by Crippen LogP contribution is -2.56. The van der Waals surface area contributed by atoms with Crippen LogP contribution in [0.2, 0.25) is 0 Å². The summed E-state index contributed by atoms with van der Waals surface area (Å²) >= 11 is 0. The highest BCUT2D eigenvalue weighted by atomic mass is 31.2. The Balaban J connectivity index is 2.26. The number of carbonyl (C=O) groups is 3. The zero-order valence-electron chi connectivity index (χ0n) is 41.9. The molecule has 70 heavy (non-hydrogen) atoms. The van der Waals surface area contributed by atoms with Gasteiger partial charge in [-0.25, -0.2) is 9.13 Å². The summed E-state index contributed by atoms with van der Waals surface area (Å²) in [5, 5.41) is 68.3. The van der Waals surface area contributed by atoms with Gasteiger partial charge in [-0.2, -0.15) is 0 Å². The molecule has 410 valence electrons. The number of aliphatic hydroxyl groups is 6. The molecule has 0 spiro atoms. The average molecular weight is 1050 g/mol. The molecule has 1 saturated heterocycles. The van der Waals surface area contributed by atoms with E-state index in [0.29, 0.717) is 32.1 Å². The third-order valence-corrected chi connectivity index (χ3v) is 14.7. The van der Waals surface area contributed by atoms with Crippen molar-refractivity contribution in [3.63, 3.8) is 0 Å². The summed E-state index contributed by atoms with van der Waals surface area (Å²) in [4.78, 5) is 70.8. The van der Waals surface area contributed by atoms with Crippen LogP contribution < -0.4 is 0 Å². The molecule has 0 aromatic rings. The van der Waals surface area contributed by atoms with Gasteiger partial charge in [-0.15, -0.1) is 0 Å². The molecule has 0 amide bonds. The number of phosphoric ester groups is 2. The minimum atomic E-state index is -5.79. The van der Waals surface area contributed by atoms with Crippen LogP contribution in [-0.4, -0.2) is 131 Å². The van der Waals surface area contributed by atoms with E-state index in [4.69, 9.17) is 23.0 Å². The number of hydrogen-bond acceptors (Lipinski definition) is 16. The Morgan fingerprint density at radius 3 is 1.86 bits per heavy atom. The van der Waals surface area contributed by atoms with Crippen LogP contribution in [0.15, 0.2) is 12.2 Å². The van der Waals surface area contributed by atoms with Gasteiger partial charge >= 0.3 is 27.6 Å². The van der Waals surface area contributed by atoms with Crippen molar-refractivity contribution >= 4 is 33.4 Å². The first-order valence-corrected chi connectivity index (χ1v) is 29.4. The number of hydrogen-bond donors (Lipinski definition) is 9. The monoisotopic (exact) mass is 1040 g/mol. The van der Waals surface area contributed by atoms with E-state index < -0.39 is 120 Å². The molecule has 0 aromatic carbocycles. The Hall–Kier alpha value is -1.67. The second kappa shape index (κ2) is 36.3. The van der Waals surface area contributed by atoms with Crippen LogP contribution in [0.3, 0.4) is 0 Å². The first kappa shape index (κ1) is 64.4. The van der Waals surface area contributed by atoms with Gasteiger partial charge in [0.25, 0.3) is 0 Å². The summed E-state index contributed by atoms with van der Waals surface area (Å²) in [5.41, 5.74) is 0. The number of ketones is 1. The Labute approximate surface area is 416 Å². The smallest absolute Gasteiger partial charge is 0.462 e. The molecule has 12 atom stereocenters. The van der Waals surface area contributed by atoms with E-state index in [0.717, 1.165) is 57.1 Å². The molecular formula is C49H90O19P2. The zero-order chi connectivity index (χ0) is 52.0. The van der Waals surface area contributed by atoms with Crippen molar-refractivity contribution in [1.82, 2.24) is 0 Å². The van der Waals surface area contributed by atoms with Crippen molar-refractivity contribution in [3.8, 4) is 0 Å². The van der Waals surface area contributed by atoms with Gasteiger partial charge in [0.05, 0.1) is 36.9 Å². The quantitative estimate of drug-likeness (QED) is 0.0168. The van der Waals surface area contributed by atoms with E-state index in [9.17, 15) is 68.8 Å². The number of carbonyl (C=O) groups excluding carboxylic acids is 3. The van der Waals surface area contributed by atoms with Crippen LogP contribution in [0.25, 0.3) is 0 Å². The lowest BCUT2D eigenvalue weighted by atomic mass is 9.82. The van der Waals surface area contributed by atoms with Crippen LogP contribution in [0.4, 0.5) is 0 Å². The van der Waals surface area contributed by atoms with E-state index in [-0.39, 0.29) is 32.1 Å². The van der Waals surface area contributed by atoms with Crippen molar-refractivity contribution in [2.75, 3.05) is 13.2 Å². The fourth-order valence-electron chi connectivity index (χ4n) is 9.07. The van der Waals surface area contributed by atoms with Gasteiger partial charge in [-0.1, -0.05) is 167 Å². The topological polar surface area (TPSA) is 314 Å². The molecule has 2 rings (SSSR count). The van der Waals surface area contributed by atoms with Crippen LogP contribution in [0.1, 0.15) is 200 Å². The average Bonchev–Trinajstić information content (AvgIpc) is 3.30. The number of aliphatic hydroxyl groups excluding tert-OH is 6. The van der Waals surface area contributed by atoms with E-state index >= 15 is 0 Å². The normalized spacial score (nSPS) is 30.0. The van der Waals surface area contributed by atoms with Crippen LogP contribution in [0.5, 0.6) is 0 Å². The maximum Gasteiger partial charge on any atom is 0.472 e. The molecule has 2 aliphatic rings. The summed E-state index contributed by atoms with van der Waals surface area (Å²) < 4.78 is 52.3. The minimum absolute atomic E-state index is 0.0239. The Kier molecular flexibility index (Phi) is 33.4. The molecular weight excluding hydrogens is 954 g/mol. The van der Waals surface area contributed by atoms with Crippen molar-refractivity contribution in [2.24, 2.45) is 11.8 Å². The predicted octanol–water partition coefficient (Wildman–Crippen LogP) is 7.32. The molecule has 2 bridgehead atoms. The van der Waals surface area contributed by atoms with Gasteiger partial charge in [0.15, 0.2) is 6.10 Å². The number of fused-ring (bicyclic) bond motifs is 4. The number of esters is 2. The largest absolute Gasteiger partial charge is 0.472 e. The maximum atomic E-state index is 14.0. The Bertz CT molecular complexity index is 1560. The van der Waals surface area contributed by atoms with Gasteiger partial charge < -0.3 is 54.8 Å². The minimum Gasteiger partial charge on any atom is -0.462 e. The Morgan fingerprint density at radius 2 is 1.29 bits per heavy atom. The van der Waals surface area contributed by atoms with Crippen LogP contribution in [0, 0.1) is 11.8 Å². The maximum absolute atomic E-state index is 14.0. The van der Waals surface area contributed by atoms with Gasteiger partial charge in [0.2, 0.25) is 0 Å². The van der Waals surface area contributed by atoms with Gasteiger partial charge in [0, 0.05) is 25.2 Å². The second-order valence-corrected chi connectivity index (χ2v) is 22.0. The molecule has 0 radical (unpaired) electrons.